The third kappa shape index (κ3) is 3.62. The second kappa shape index (κ2) is 5.60. The molecule has 1 aliphatic rings. The molecule has 0 amide bonds. The van der Waals surface area contributed by atoms with Crippen molar-refractivity contribution < 1.29 is 19.2 Å². The first kappa shape index (κ1) is 12.6. The lowest BCUT2D eigenvalue weighted by Crippen LogP contribution is -2.47. The molecule has 0 saturated carbocycles. The van der Waals surface area contributed by atoms with Gasteiger partial charge >= 0.3 is 5.97 Å². The minimum absolute atomic E-state index is 0.125. The van der Waals surface area contributed by atoms with Crippen LogP contribution in [0.4, 0.5) is 0 Å². The van der Waals surface area contributed by atoms with Crippen LogP contribution in [-0.2, 0) is 14.3 Å². The molecule has 0 bridgehead atoms. The summed E-state index contributed by atoms with van der Waals surface area (Å²) < 4.78 is 9.69. The predicted molar refractivity (Wildman–Crippen MR) is 55.5 cm³/mol. The van der Waals surface area contributed by atoms with Crippen LogP contribution >= 0.6 is 0 Å². The summed E-state index contributed by atoms with van der Waals surface area (Å²) in [7, 11) is 0. The predicted octanol–water partition coefficient (Wildman–Crippen LogP) is 0.789. The molecule has 6 heteroatoms. The first-order valence-corrected chi connectivity index (χ1v) is 5.11. The van der Waals surface area contributed by atoms with Crippen LogP contribution in [0.15, 0.2) is 12.2 Å². The molecule has 0 unspecified atom stereocenters. The molecule has 0 N–H and O–H groups in total. The minimum Gasteiger partial charge on any atom is -0.463 e. The van der Waals surface area contributed by atoms with Gasteiger partial charge in [0.05, 0.1) is 25.2 Å². The third-order valence-corrected chi connectivity index (χ3v) is 2.37. The van der Waals surface area contributed by atoms with Crippen molar-refractivity contribution in [3.8, 4) is 0 Å². The van der Waals surface area contributed by atoms with E-state index in [2.05, 4.69) is 0 Å². The van der Waals surface area contributed by atoms with Gasteiger partial charge in [-0.2, -0.15) is 0 Å². The summed E-state index contributed by atoms with van der Waals surface area (Å²) in [5, 5.41) is 10.4. The lowest BCUT2D eigenvalue weighted by molar-refractivity contribution is -0.507. The first-order valence-electron chi connectivity index (χ1n) is 5.11. The van der Waals surface area contributed by atoms with Crippen LogP contribution in [0.2, 0.25) is 0 Å². The standard InChI is InChI=1S/C10H15NO5/c1-2-16-9(12)4-3-5-10(6-11(13)14)7-15-8-10/h3-4H,2,5-8H2,1H3/b4-3+. The lowest BCUT2D eigenvalue weighted by atomic mass is 9.82. The highest BCUT2D eigenvalue weighted by molar-refractivity contribution is 5.81. The Labute approximate surface area is 93.4 Å². The zero-order valence-corrected chi connectivity index (χ0v) is 9.18. The molecule has 90 valence electrons. The second-order valence-corrected chi connectivity index (χ2v) is 3.84. The Kier molecular flexibility index (Phi) is 4.42. The Bertz CT molecular complexity index is 296. The van der Waals surface area contributed by atoms with E-state index in [9.17, 15) is 14.9 Å². The summed E-state index contributed by atoms with van der Waals surface area (Å²) in [5.74, 6) is -0.418. The van der Waals surface area contributed by atoms with Crippen LogP contribution in [0.25, 0.3) is 0 Å². The van der Waals surface area contributed by atoms with Crippen LogP contribution < -0.4 is 0 Å². The van der Waals surface area contributed by atoms with Gasteiger partial charge in [-0.05, 0) is 13.3 Å². The maximum Gasteiger partial charge on any atom is 0.330 e. The zero-order chi connectivity index (χ0) is 12.0. The molecule has 0 aliphatic carbocycles. The molecule has 1 heterocycles. The van der Waals surface area contributed by atoms with Gasteiger partial charge in [0.2, 0.25) is 6.54 Å². The van der Waals surface area contributed by atoms with Crippen molar-refractivity contribution in [2.45, 2.75) is 13.3 Å². The van der Waals surface area contributed by atoms with E-state index in [0.29, 0.717) is 26.2 Å². The van der Waals surface area contributed by atoms with Gasteiger partial charge in [-0.1, -0.05) is 6.08 Å². The maximum atomic E-state index is 11.0. The molecule has 0 spiro atoms. The molecule has 0 aromatic rings. The SMILES string of the molecule is CCOC(=O)/C=C/CC1(C[N+](=O)[O-])COC1. The minimum atomic E-state index is -0.438. The quantitative estimate of drug-likeness (QED) is 0.291. The zero-order valence-electron chi connectivity index (χ0n) is 9.18. The van der Waals surface area contributed by atoms with Gasteiger partial charge in [-0.3, -0.25) is 10.1 Å². The fourth-order valence-corrected chi connectivity index (χ4v) is 1.53. The second-order valence-electron chi connectivity index (χ2n) is 3.84. The summed E-state index contributed by atoms with van der Waals surface area (Å²) in [6, 6.07) is 0. The highest BCUT2D eigenvalue weighted by Crippen LogP contribution is 2.31. The van der Waals surface area contributed by atoms with E-state index in [-0.39, 0.29) is 11.5 Å². The molecule has 0 aromatic heterocycles. The summed E-state index contributed by atoms with van der Waals surface area (Å²) in [5.41, 5.74) is -0.438. The Morgan fingerprint density at radius 3 is 2.75 bits per heavy atom. The van der Waals surface area contributed by atoms with Crippen LogP contribution in [0.1, 0.15) is 13.3 Å². The molecule has 6 nitrogen and oxygen atoms in total. The molecular weight excluding hydrogens is 214 g/mol. The van der Waals surface area contributed by atoms with Crippen LogP contribution in [-0.4, -0.2) is 37.3 Å². The topological polar surface area (TPSA) is 78.7 Å². The number of allylic oxidation sites excluding steroid dienone is 1. The van der Waals surface area contributed by atoms with Crippen molar-refractivity contribution in [1.82, 2.24) is 0 Å². The highest BCUT2D eigenvalue weighted by atomic mass is 16.6. The third-order valence-electron chi connectivity index (χ3n) is 2.37. The van der Waals surface area contributed by atoms with E-state index >= 15 is 0 Å². The van der Waals surface area contributed by atoms with E-state index in [4.69, 9.17) is 9.47 Å². The van der Waals surface area contributed by atoms with Gasteiger partial charge in [0.1, 0.15) is 0 Å². The van der Waals surface area contributed by atoms with Crippen LogP contribution in [0, 0.1) is 15.5 Å². The number of hydrogen-bond donors (Lipinski definition) is 0. The van der Waals surface area contributed by atoms with E-state index in [0.717, 1.165) is 0 Å². The van der Waals surface area contributed by atoms with E-state index in [1.54, 1.807) is 13.0 Å². The Morgan fingerprint density at radius 2 is 2.31 bits per heavy atom. The molecule has 1 rings (SSSR count). The van der Waals surface area contributed by atoms with Crippen molar-refractivity contribution >= 4 is 5.97 Å². The average Bonchev–Trinajstić information content (AvgIpc) is 2.13. The molecule has 0 radical (unpaired) electrons. The van der Waals surface area contributed by atoms with Gasteiger partial charge in [-0.15, -0.1) is 0 Å². The van der Waals surface area contributed by atoms with Gasteiger partial charge < -0.3 is 9.47 Å². The van der Waals surface area contributed by atoms with Crippen molar-refractivity contribution in [3.05, 3.63) is 22.3 Å². The smallest absolute Gasteiger partial charge is 0.330 e. The first-order chi connectivity index (χ1) is 7.58. The van der Waals surface area contributed by atoms with Crippen molar-refractivity contribution in [3.63, 3.8) is 0 Å². The molecule has 0 aromatic carbocycles. The fraction of sp³-hybridized carbons (Fsp3) is 0.700. The number of carbonyl (C=O) groups is 1. The fourth-order valence-electron chi connectivity index (χ4n) is 1.53. The normalized spacial score (nSPS) is 18.1. The number of rotatable bonds is 6. The number of hydrogen-bond acceptors (Lipinski definition) is 5. The number of nitrogens with zero attached hydrogens (tertiary/aromatic N) is 1. The van der Waals surface area contributed by atoms with Crippen LogP contribution in [0.3, 0.4) is 0 Å². The highest BCUT2D eigenvalue weighted by Gasteiger charge is 2.42. The van der Waals surface area contributed by atoms with Crippen molar-refractivity contribution in [2.24, 2.45) is 5.41 Å². The van der Waals surface area contributed by atoms with Crippen molar-refractivity contribution in [2.75, 3.05) is 26.4 Å². The Morgan fingerprint density at radius 1 is 1.62 bits per heavy atom. The van der Waals surface area contributed by atoms with Gasteiger partial charge in [0.25, 0.3) is 0 Å². The lowest BCUT2D eigenvalue weighted by Gasteiger charge is -2.37. The summed E-state index contributed by atoms with van der Waals surface area (Å²) >= 11 is 0. The molecule has 0 atom stereocenters. The van der Waals surface area contributed by atoms with E-state index in [1.165, 1.54) is 6.08 Å². The molecule has 16 heavy (non-hydrogen) atoms. The molecule has 1 saturated heterocycles. The number of carbonyl (C=O) groups excluding carboxylic acids is 1. The summed E-state index contributed by atoms with van der Waals surface area (Å²) in [4.78, 5) is 21.1. The van der Waals surface area contributed by atoms with Gasteiger partial charge in [0, 0.05) is 11.0 Å². The molecular formula is C10H15NO5. The number of esters is 1. The van der Waals surface area contributed by atoms with E-state index in [1.807, 2.05) is 0 Å². The van der Waals surface area contributed by atoms with Gasteiger partial charge in [0.15, 0.2) is 0 Å². The number of ether oxygens (including phenoxy) is 2. The monoisotopic (exact) mass is 229 g/mol. The Balaban J connectivity index is 2.39. The number of nitro groups is 1. The summed E-state index contributed by atoms with van der Waals surface area (Å²) in [6.07, 6.45) is 3.39. The van der Waals surface area contributed by atoms with Crippen molar-refractivity contribution in [1.29, 1.82) is 0 Å². The average molecular weight is 229 g/mol. The Hall–Kier alpha value is -1.43. The van der Waals surface area contributed by atoms with Gasteiger partial charge in [-0.25, -0.2) is 4.79 Å². The summed E-state index contributed by atoms with van der Waals surface area (Å²) in [6.45, 7) is 2.68. The molecule has 1 aliphatic heterocycles. The maximum absolute atomic E-state index is 11.0. The molecule has 1 fully saturated rings. The van der Waals surface area contributed by atoms with Crippen LogP contribution in [0.5, 0.6) is 0 Å². The largest absolute Gasteiger partial charge is 0.463 e. The van der Waals surface area contributed by atoms with E-state index < -0.39 is 11.4 Å².